The second-order valence-electron chi connectivity index (χ2n) is 1.03. The molecule has 5 heavy (non-hydrogen) atoms. The van der Waals surface area contributed by atoms with E-state index in [-0.39, 0.29) is 6.23 Å². The van der Waals surface area contributed by atoms with Gasteiger partial charge in [-0.2, -0.15) is 0 Å². The molecule has 1 unspecified atom stereocenters. The maximum atomic E-state index is 8.25. The van der Waals surface area contributed by atoms with E-state index in [2.05, 4.69) is 0 Å². The standard InChI is InChI=1S/C2H8O2Si/c1-5(4)2-3/h3-5H,2H2,1H3. The van der Waals surface area contributed by atoms with E-state index in [1.54, 1.807) is 6.55 Å². The molecule has 0 aromatic heterocycles. The summed E-state index contributed by atoms with van der Waals surface area (Å²) >= 11 is 0. The first-order valence-electron chi connectivity index (χ1n) is 1.56. The quantitative estimate of drug-likeness (QED) is 0.401. The van der Waals surface area contributed by atoms with Gasteiger partial charge in [-0.15, -0.1) is 0 Å². The molecule has 0 bridgehead atoms. The molecule has 0 spiro atoms. The van der Waals surface area contributed by atoms with E-state index in [1.807, 2.05) is 0 Å². The SMILES string of the molecule is C[SiH](O)CO. The molecular formula is C2H8O2Si. The third-order valence-corrected chi connectivity index (χ3v) is 0.793. The molecule has 3 heteroatoms. The summed E-state index contributed by atoms with van der Waals surface area (Å²) in [5, 5.41) is 7.96. The second kappa shape index (κ2) is 2.38. The third kappa shape index (κ3) is 4.14. The van der Waals surface area contributed by atoms with Crippen molar-refractivity contribution in [3.8, 4) is 0 Å². The molecular weight excluding hydrogens is 84.1 g/mol. The van der Waals surface area contributed by atoms with E-state index in [4.69, 9.17) is 9.90 Å². The molecule has 0 amide bonds. The summed E-state index contributed by atoms with van der Waals surface area (Å²) in [6.45, 7) is 1.67. The molecule has 0 heterocycles. The Kier molecular flexibility index (Phi) is 2.44. The molecule has 0 aromatic carbocycles. The average Bonchev–Trinajstić information content (AvgIpc) is 1.38. The Morgan fingerprint density at radius 3 is 2.00 bits per heavy atom. The molecule has 0 radical (unpaired) electrons. The highest BCUT2D eigenvalue weighted by molar-refractivity contribution is 6.48. The van der Waals surface area contributed by atoms with Crippen molar-refractivity contribution in [2.45, 2.75) is 6.55 Å². The van der Waals surface area contributed by atoms with Gasteiger partial charge < -0.3 is 9.90 Å². The minimum atomic E-state index is -1.59. The molecule has 32 valence electrons. The first kappa shape index (κ1) is 5.14. The Morgan fingerprint density at radius 1 is 1.80 bits per heavy atom. The molecule has 0 aliphatic carbocycles. The summed E-state index contributed by atoms with van der Waals surface area (Å²) in [6, 6.07) is 0. The Morgan fingerprint density at radius 2 is 2.00 bits per heavy atom. The fourth-order valence-corrected chi connectivity index (χ4v) is 0. The summed E-state index contributed by atoms with van der Waals surface area (Å²) in [5.74, 6) is 0. The molecule has 0 fully saturated rings. The van der Waals surface area contributed by atoms with Gasteiger partial charge in [0.25, 0.3) is 0 Å². The maximum absolute atomic E-state index is 8.25. The largest absolute Gasteiger partial charge is 0.433 e. The lowest BCUT2D eigenvalue weighted by atomic mass is 11.7. The predicted octanol–water partition coefficient (Wildman–Crippen LogP) is -1.14. The fraction of sp³-hybridized carbons (Fsp3) is 1.00. The minimum absolute atomic E-state index is 0. The summed E-state index contributed by atoms with van der Waals surface area (Å²) in [4.78, 5) is 8.25. The Labute approximate surface area is 32.8 Å². The van der Waals surface area contributed by atoms with E-state index in [0.29, 0.717) is 0 Å². The number of aliphatic hydroxyl groups excluding tert-OH is 1. The topological polar surface area (TPSA) is 40.5 Å². The van der Waals surface area contributed by atoms with Gasteiger partial charge in [0.05, 0.1) is 6.23 Å². The van der Waals surface area contributed by atoms with Gasteiger partial charge in [-0.05, 0) is 6.55 Å². The Balaban J connectivity index is 2.54. The molecule has 0 saturated carbocycles. The average molecular weight is 92.2 g/mol. The highest BCUT2D eigenvalue weighted by Gasteiger charge is 1.88. The predicted molar refractivity (Wildman–Crippen MR) is 22.3 cm³/mol. The van der Waals surface area contributed by atoms with Crippen LogP contribution in [0.4, 0.5) is 0 Å². The van der Waals surface area contributed by atoms with Crippen LogP contribution in [-0.4, -0.2) is 25.2 Å². The summed E-state index contributed by atoms with van der Waals surface area (Å²) in [5.41, 5.74) is 0. The smallest absolute Gasteiger partial charge is 0.194 e. The van der Waals surface area contributed by atoms with Gasteiger partial charge in [-0.1, -0.05) is 0 Å². The van der Waals surface area contributed by atoms with E-state index in [0.717, 1.165) is 0 Å². The van der Waals surface area contributed by atoms with Crippen molar-refractivity contribution in [2.24, 2.45) is 0 Å². The summed E-state index contributed by atoms with van der Waals surface area (Å²) < 4.78 is 0. The molecule has 2 N–H and O–H groups in total. The molecule has 0 aliphatic heterocycles. The number of hydrogen-bond acceptors (Lipinski definition) is 2. The van der Waals surface area contributed by atoms with Crippen molar-refractivity contribution in [3.05, 3.63) is 0 Å². The van der Waals surface area contributed by atoms with Gasteiger partial charge >= 0.3 is 0 Å². The molecule has 1 atom stereocenters. The van der Waals surface area contributed by atoms with Gasteiger partial charge in [0.1, 0.15) is 0 Å². The van der Waals surface area contributed by atoms with Crippen molar-refractivity contribution in [1.82, 2.24) is 0 Å². The fourth-order valence-electron chi connectivity index (χ4n) is 0. The lowest BCUT2D eigenvalue weighted by Gasteiger charge is -1.86. The lowest BCUT2D eigenvalue weighted by Crippen LogP contribution is -2.10. The van der Waals surface area contributed by atoms with Crippen LogP contribution in [0, 0.1) is 0 Å². The van der Waals surface area contributed by atoms with Crippen LogP contribution in [0.15, 0.2) is 0 Å². The summed E-state index contributed by atoms with van der Waals surface area (Å²) in [7, 11) is -1.59. The van der Waals surface area contributed by atoms with Crippen LogP contribution < -0.4 is 0 Å². The Hall–Kier alpha value is 0.137. The van der Waals surface area contributed by atoms with E-state index < -0.39 is 9.04 Å². The molecule has 0 rings (SSSR count). The van der Waals surface area contributed by atoms with E-state index in [9.17, 15) is 0 Å². The van der Waals surface area contributed by atoms with E-state index in [1.165, 1.54) is 0 Å². The monoisotopic (exact) mass is 92.0 g/mol. The molecule has 0 aliphatic rings. The van der Waals surface area contributed by atoms with Crippen molar-refractivity contribution >= 4 is 9.04 Å². The first-order chi connectivity index (χ1) is 2.27. The van der Waals surface area contributed by atoms with Crippen molar-refractivity contribution < 1.29 is 9.90 Å². The highest BCUT2D eigenvalue weighted by atomic mass is 28.3. The van der Waals surface area contributed by atoms with Crippen molar-refractivity contribution in [1.29, 1.82) is 0 Å². The van der Waals surface area contributed by atoms with Crippen LogP contribution >= 0.6 is 0 Å². The van der Waals surface area contributed by atoms with Crippen molar-refractivity contribution in [2.75, 3.05) is 6.23 Å². The first-order valence-corrected chi connectivity index (χ1v) is 4.05. The summed E-state index contributed by atoms with van der Waals surface area (Å²) in [6.07, 6.45) is 0. The van der Waals surface area contributed by atoms with Crippen LogP contribution in [-0.2, 0) is 0 Å². The number of aliphatic hydroxyl groups is 1. The highest BCUT2D eigenvalue weighted by Crippen LogP contribution is 1.62. The number of hydrogen-bond donors (Lipinski definition) is 2. The second-order valence-corrected chi connectivity index (χ2v) is 3.09. The zero-order valence-electron chi connectivity index (χ0n) is 3.18. The van der Waals surface area contributed by atoms with Crippen molar-refractivity contribution in [3.63, 3.8) is 0 Å². The Bertz CT molecular complexity index is 21.6. The number of rotatable bonds is 1. The molecule has 0 aromatic rings. The van der Waals surface area contributed by atoms with Crippen LogP contribution in [0.25, 0.3) is 0 Å². The zero-order valence-corrected chi connectivity index (χ0v) is 4.33. The lowest BCUT2D eigenvalue weighted by molar-refractivity contribution is 0.341. The van der Waals surface area contributed by atoms with Gasteiger partial charge in [-0.25, -0.2) is 0 Å². The molecule has 2 nitrogen and oxygen atoms in total. The van der Waals surface area contributed by atoms with E-state index >= 15 is 0 Å². The maximum Gasteiger partial charge on any atom is 0.194 e. The van der Waals surface area contributed by atoms with Gasteiger partial charge in [0.2, 0.25) is 0 Å². The third-order valence-electron chi connectivity index (χ3n) is 0.264. The van der Waals surface area contributed by atoms with Crippen LogP contribution in [0.1, 0.15) is 0 Å². The van der Waals surface area contributed by atoms with Crippen LogP contribution in [0.5, 0.6) is 0 Å². The van der Waals surface area contributed by atoms with Crippen LogP contribution in [0.2, 0.25) is 6.55 Å². The van der Waals surface area contributed by atoms with Gasteiger partial charge in [0, 0.05) is 0 Å². The zero-order chi connectivity index (χ0) is 4.28. The van der Waals surface area contributed by atoms with Gasteiger partial charge in [-0.3, -0.25) is 0 Å². The minimum Gasteiger partial charge on any atom is -0.433 e. The molecule has 0 saturated heterocycles. The normalized spacial score (nSPS) is 15.0. The van der Waals surface area contributed by atoms with Gasteiger partial charge in [0.15, 0.2) is 9.04 Å². The van der Waals surface area contributed by atoms with Crippen LogP contribution in [0.3, 0.4) is 0 Å².